The monoisotopic (exact) mass is 207 g/mol. The van der Waals surface area contributed by atoms with E-state index in [0.29, 0.717) is 19.0 Å². The molecule has 1 aliphatic rings. The predicted octanol–water partition coefficient (Wildman–Crippen LogP) is 3.15. The van der Waals surface area contributed by atoms with Crippen LogP contribution in [0.15, 0.2) is 24.3 Å². The Morgan fingerprint density at radius 3 is 2.87 bits per heavy atom. The number of benzene rings is 1. The summed E-state index contributed by atoms with van der Waals surface area (Å²) in [5.74, 6) is 0. The number of alkyl halides is 1. The third-order valence-corrected chi connectivity index (χ3v) is 3.12. The Hall–Kier alpha value is -0.890. The van der Waals surface area contributed by atoms with Crippen LogP contribution in [0, 0.1) is 6.92 Å². The van der Waals surface area contributed by atoms with E-state index in [-0.39, 0.29) is 0 Å². The van der Waals surface area contributed by atoms with Gasteiger partial charge < -0.3 is 5.32 Å². The smallest absolute Gasteiger partial charge is 0.120 e. The van der Waals surface area contributed by atoms with Crippen LogP contribution in [0.25, 0.3) is 0 Å². The van der Waals surface area contributed by atoms with Crippen molar-refractivity contribution >= 4 is 0 Å². The van der Waals surface area contributed by atoms with Gasteiger partial charge in [-0.15, -0.1) is 0 Å². The lowest BCUT2D eigenvalue weighted by atomic mass is 9.90. The third-order valence-electron chi connectivity index (χ3n) is 3.12. The summed E-state index contributed by atoms with van der Waals surface area (Å²) < 4.78 is 13.6. The van der Waals surface area contributed by atoms with Crippen LogP contribution in [0.2, 0.25) is 0 Å². The van der Waals surface area contributed by atoms with Crippen LogP contribution in [0.4, 0.5) is 4.39 Å². The first-order chi connectivity index (χ1) is 7.07. The molecule has 1 saturated heterocycles. The molecule has 1 nitrogen and oxygen atoms in total. The Bertz CT molecular complexity index is 336. The topological polar surface area (TPSA) is 12.0 Å². The fraction of sp³-hybridized carbons (Fsp3) is 0.538. The van der Waals surface area contributed by atoms with Crippen molar-refractivity contribution in [1.82, 2.24) is 5.32 Å². The van der Waals surface area contributed by atoms with E-state index >= 15 is 0 Å². The molecule has 0 amide bonds. The average molecular weight is 207 g/mol. The minimum absolute atomic E-state index is 0.328. The molecule has 82 valence electrons. The molecule has 1 N–H and O–H groups in total. The van der Waals surface area contributed by atoms with Crippen LogP contribution in [0.3, 0.4) is 0 Å². The Morgan fingerprint density at radius 1 is 1.47 bits per heavy atom. The number of nitrogens with one attached hydrogen (secondary N) is 1. The van der Waals surface area contributed by atoms with Crippen molar-refractivity contribution in [3.05, 3.63) is 35.4 Å². The van der Waals surface area contributed by atoms with E-state index in [0.717, 1.165) is 6.42 Å². The maximum Gasteiger partial charge on any atom is 0.120 e. The molecule has 0 spiro atoms. The highest BCUT2D eigenvalue weighted by molar-refractivity contribution is 5.25. The molecule has 2 rings (SSSR count). The van der Waals surface area contributed by atoms with E-state index in [1.165, 1.54) is 11.1 Å². The molecule has 2 atom stereocenters. The fourth-order valence-electron chi connectivity index (χ4n) is 2.14. The van der Waals surface area contributed by atoms with Crippen LogP contribution in [0.1, 0.15) is 36.9 Å². The van der Waals surface area contributed by atoms with Gasteiger partial charge in [0.2, 0.25) is 0 Å². The van der Waals surface area contributed by atoms with E-state index < -0.39 is 5.67 Å². The van der Waals surface area contributed by atoms with Crippen LogP contribution >= 0.6 is 0 Å². The SMILES string of the molecule is Cc1cccc(C2CCC(C)(F)CN2)c1. The number of halogens is 1. The lowest BCUT2D eigenvalue weighted by molar-refractivity contribution is 0.125. The molecule has 0 aliphatic carbocycles. The average Bonchev–Trinajstić information content (AvgIpc) is 2.17. The van der Waals surface area contributed by atoms with Gasteiger partial charge >= 0.3 is 0 Å². The molecular weight excluding hydrogens is 189 g/mol. The normalized spacial score (nSPS) is 31.5. The summed E-state index contributed by atoms with van der Waals surface area (Å²) in [4.78, 5) is 0. The van der Waals surface area contributed by atoms with Crippen molar-refractivity contribution in [1.29, 1.82) is 0 Å². The lowest BCUT2D eigenvalue weighted by Gasteiger charge is -2.32. The van der Waals surface area contributed by atoms with Crippen LogP contribution < -0.4 is 5.32 Å². The van der Waals surface area contributed by atoms with Crippen LogP contribution in [0.5, 0.6) is 0 Å². The molecule has 2 heteroatoms. The molecule has 0 radical (unpaired) electrons. The summed E-state index contributed by atoms with van der Waals surface area (Å²) in [5, 5.41) is 3.28. The Morgan fingerprint density at radius 2 is 2.27 bits per heavy atom. The highest BCUT2D eigenvalue weighted by Gasteiger charge is 2.30. The van der Waals surface area contributed by atoms with Gasteiger partial charge in [-0.05, 0) is 32.3 Å². The second-order valence-electron chi connectivity index (χ2n) is 4.80. The molecule has 0 saturated carbocycles. The Balaban J connectivity index is 2.08. The molecule has 1 aromatic carbocycles. The molecule has 0 bridgehead atoms. The lowest BCUT2D eigenvalue weighted by Crippen LogP contribution is -2.41. The van der Waals surface area contributed by atoms with E-state index in [1.54, 1.807) is 6.92 Å². The zero-order chi connectivity index (χ0) is 10.9. The minimum atomic E-state index is -1.03. The van der Waals surface area contributed by atoms with Gasteiger partial charge in [-0.3, -0.25) is 0 Å². The van der Waals surface area contributed by atoms with Crippen molar-refractivity contribution in [3.8, 4) is 0 Å². The van der Waals surface area contributed by atoms with Crippen molar-refractivity contribution in [2.24, 2.45) is 0 Å². The number of rotatable bonds is 1. The molecule has 2 unspecified atom stereocenters. The summed E-state index contributed by atoms with van der Waals surface area (Å²) in [6, 6.07) is 8.78. The largest absolute Gasteiger partial charge is 0.307 e. The summed E-state index contributed by atoms with van der Waals surface area (Å²) in [6.07, 6.45) is 1.54. The molecule has 1 fully saturated rings. The van der Waals surface area contributed by atoms with Gasteiger partial charge in [-0.25, -0.2) is 4.39 Å². The molecule has 15 heavy (non-hydrogen) atoms. The van der Waals surface area contributed by atoms with Gasteiger partial charge in [-0.2, -0.15) is 0 Å². The number of hydrogen-bond donors (Lipinski definition) is 1. The van der Waals surface area contributed by atoms with Crippen LogP contribution in [-0.4, -0.2) is 12.2 Å². The quantitative estimate of drug-likeness (QED) is 0.746. The Kier molecular flexibility index (Phi) is 2.79. The highest BCUT2D eigenvalue weighted by atomic mass is 19.1. The Labute approximate surface area is 90.7 Å². The van der Waals surface area contributed by atoms with E-state index in [2.05, 4.69) is 36.5 Å². The minimum Gasteiger partial charge on any atom is -0.307 e. The molecule has 1 aromatic rings. The maximum atomic E-state index is 13.6. The first kappa shape index (κ1) is 10.6. The second-order valence-corrected chi connectivity index (χ2v) is 4.80. The summed E-state index contributed by atoms with van der Waals surface area (Å²) in [5.41, 5.74) is 1.52. The first-order valence-corrected chi connectivity index (χ1v) is 5.56. The maximum absolute atomic E-state index is 13.6. The third kappa shape index (κ3) is 2.57. The number of aryl methyl sites for hydroxylation is 1. The molecule has 1 aliphatic heterocycles. The predicted molar refractivity (Wildman–Crippen MR) is 60.7 cm³/mol. The standard InChI is InChI=1S/C13H18FN/c1-10-4-3-5-11(8-10)12-6-7-13(2,14)9-15-12/h3-5,8,12,15H,6-7,9H2,1-2H3. The highest BCUT2D eigenvalue weighted by Crippen LogP contribution is 2.30. The summed E-state index contributed by atoms with van der Waals surface area (Å²) >= 11 is 0. The first-order valence-electron chi connectivity index (χ1n) is 5.56. The van der Waals surface area contributed by atoms with Crippen molar-refractivity contribution < 1.29 is 4.39 Å². The van der Waals surface area contributed by atoms with Gasteiger partial charge in [0, 0.05) is 12.6 Å². The summed E-state index contributed by atoms with van der Waals surface area (Å²) in [7, 11) is 0. The van der Waals surface area contributed by atoms with E-state index in [9.17, 15) is 4.39 Å². The van der Waals surface area contributed by atoms with Crippen molar-refractivity contribution in [3.63, 3.8) is 0 Å². The second kappa shape index (κ2) is 3.93. The van der Waals surface area contributed by atoms with Gasteiger partial charge in [-0.1, -0.05) is 29.8 Å². The van der Waals surface area contributed by atoms with E-state index in [1.807, 2.05) is 0 Å². The van der Waals surface area contributed by atoms with Crippen LogP contribution in [-0.2, 0) is 0 Å². The van der Waals surface area contributed by atoms with Gasteiger partial charge in [0.25, 0.3) is 0 Å². The van der Waals surface area contributed by atoms with Crippen molar-refractivity contribution in [2.75, 3.05) is 6.54 Å². The summed E-state index contributed by atoms with van der Waals surface area (Å²) in [6.45, 7) is 4.23. The van der Waals surface area contributed by atoms with E-state index in [4.69, 9.17) is 0 Å². The number of hydrogen-bond acceptors (Lipinski definition) is 1. The van der Waals surface area contributed by atoms with Crippen molar-refractivity contribution in [2.45, 2.75) is 38.4 Å². The molecular formula is C13H18FN. The zero-order valence-electron chi connectivity index (χ0n) is 9.39. The van der Waals surface area contributed by atoms with Gasteiger partial charge in [0.1, 0.15) is 5.67 Å². The molecule has 1 heterocycles. The fourth-order valence-corrected chi connectivity index (χ4v) is 2.14. The molecule has 0 aromatic heterocycles. The van der Waals surface area contributed by atoms with Gasteiger partial charge in [0.05, 0.1) is 0 Å². The number of piperidine rings is 1. The van der Waals surface area contributed by atoms with Gasteiger partial charge in [0.15, 0.2) is 0 Å². The zero-order valence-corrected chi connectivity index (χ0v) is 9.39.